The number of hydrogen-bond donors (Lipinski definition) is 3. The maximum Gasteiger partial charge on any atom is 0.294 e. The summed E-state index contributed by atoms with van der Waals surface area (Å²) >= 11 is 0. The standard InChI is InChI=1S/C14H18N2O5S/c17-13-3-4-16(8-9-5-14(18)15-7-9)12-2-1-10(6-11(12)13)22(19,20)21/h1-2,6,9,13,17H,3-5,7-8H2,(H,15,18)(H,19,20,21). The molecule has 0 aliphatic carbocycles. The van der Waals surface area contributed by atoms with Crippen LogP contribution < -0.4 is 10.2 Å². The maximum absolute atomic E-state index is 11.3. The SMILES string of the molecule is O=C1CC(CN2CCC(O)c3cc(S(=O)(=O)O)ccc32)CN1. The van der Waals surface area contributed by atoms with Crippen LogP contribution in [0.4, 0.5) is 5.69 Å². The van der Waals surface area contributed by atoms with Crippen molar-refractivity contribution in [1.82, 2.24) is 5.32 Å². The maximum atomic E-state index is 11.3. The summed E-state index contributed by atoms with van der Waals surface area (Å²) in [6, 6.07) is 4.25. The second-order valence-corrected chi connectivity index (χ2v) is 7.24. The molecule has 3 rings (SSSR count). The van der Waals surface area contributed by atoms with Gasteiger partial charge in [-0.05, 0) is 24.6 Å². The molecule has 0 aromatic heterocycles. The van der Waals surface area contributed by atoms with Crippen molar-refractivity contribution < 1.29 is 22.9 Å². The number of benzene rings is 1. The van der Waals surface area contributed by atoms with Crippen LogP contribution in [0.25, 0.3) is 0 Å². The monoisotopic (exact) mass is 326 g/mol. The Morgan fingerprint density at radius 3 is 2.77 bits per heavy atom. The van der Waals surface area contributed by atoms with Crippen LogP contribution in [-0.2, 0) is 14.9 Å². The van der Waals surface area contributed by atoms with Crippen LogP contribution >= 0.6 is 0 Å². The van der Waals surface area contributed by atoms with Gasteiger partial charge in [0.05, 0.1) is 11.0 Å². The van der Waals surface area contributed by atoms with Gasteiger partial charge < -0.3 is 15.3 Å². The first kappa shape index (κ1) is 15.3. The predicted molar refractivity (Wildman–Crippen MR) is 79.2 cm³/mol. The zero-order valence-corrected chi connectivity index (χ0v) is 12.7. The molecule has 2 aliphatic heterocycles. The van der Waals surface area contributed by atoms with Crippen LogP contribution in [0.3, 0.4) is 0 Å². The molecule has 2 aliphatic rings. The summed E-state index contributed by atoms with van der Waals surface area (Å²) in [6.45, 7) is 1.95. The summed E-state index contributed by atoms with van der Waals surface area (Å²) in [5.41, 5.74) is 1.25. The summed E-state index contributed by atoms with van der Waals surface area (Å²) in [7, 11) is -4.29. The molecule has 0 spiro atoms. The molecule has 1 aromatic rings. The Morgan fingerprint density at radius 1 is 1.36 bits per heavy atom. The van der Waals surface area contributed by atoms with E-state index in [0.29, 0.717) is 38.0 Å². The third-order valence-corrected chi connectivity index (χ3v) is 5.06. The van der Waals surface area contributed by atoms with E-state index in [9.17, 15) is 18.3 Å². The Balaban J connectivity index is 1.88. The molecule has 2 heterocycles. The first-order valence-corrected chi connectivity index (χ1v) is 8.60. The van der Waals surface area contributed by atoms with Crippen LogP contribution in [0.2, 0.25) is 0 Å². The minimum absolute atomic E-state index is 0.0454. The van der Waals surface area contributed by atoms with Gasteiger partial charge in [-0.2, -0.15) is 8.42 Å². The number of nitrogens with one attached hydrogen (secondary N) is 1. The number of carbonyl (C=O) groups is 1. The molecule has 2 atom stereocenters. The number of fused-ring (bicyclic) bond motifs is 1. The smallest absolute Gasteiger partial charge is 0.294 e. The highest BCUT2D eigenvalue weighted by Crippen LogP contribution is 2.36. The quantitative estimate of drug-likeness (QED) is 0.690. The lowest BCUT2D eigenvalue weighted by Crippen LogP contribution is -2.36. The lowest BCUT2D eigenvalue weighted by Gasteiger charge is -2.35. The number of nitrogens with zero attached hydrogens (tertiary/aromatic N) is 1. The first-order valence-electron chi connectivity index (χ1n) is 7.16. The van der Waals surface area contributed by atoms with E-state index in [2.05, 4.69) is 10.2 Å². The fraction of sp³-hybridized carbons (Fsp3) is 0.500. The number of anilines is 1. The third kappa shape index (κ3) is 2.94. The van der Waals surface area contributed by atoms with Crippen LogP contribution in [0.1, 0.15) is 24.5 Å². The van der Waals surface area contributed by atoms with Gasteiger partial charge in [-0.3, -0.25) is 9.35 Å². The van der Waals surface area contributed by atoms with E-state index in [-0.39, 0.29) is 16.7 Å². The highest BCUT2D eigenvalue weighted by Gasteiger charge is 2.29. The molecule has 0 saturated carbocycles. The lowest BCUT2D eigenvalue weighted by atomic mass is 9.97. The van der Waals surface area contributed by atoms with Crippen molar-refractivity contribution in [2.75, 3.05) is 24.5 Å². The molecule has 0 radical (unpaired) electrons. The van der Waals surface area contributed by atoms with E-state index < -0.39 is 16.2 Å². The molecular weight excluding hydrogens is 308 g/mol. The summed E-state index contributed by atoms with van der Waals surface area (Å²) in [4.78, 5) is 13.1. The van der Waals surface area contributed by atoms with Crippen LogP contribution in [0.5, 0.6) is 0 Å². The molecule has 3 N–H and O–H groups in total. The van der Waals surface area contributed by atoms with Crippen molar-refractivity contribution in [3.05, 3.63) is 23.8 Å². The largest absolute Gasteiger partial charge is 0.388 e. The number of rotatable bonds is 3. The molecule has 8 heteroatoms. The molecule has 22 heavy (non-hydrogen) atoms. The highest BCUT2D eigenvalue weighted by molar-refractivity contribution is 7.85. The lowest BCUT2D eigenvalue weighted by molar-refractivity contribution is -0.119. The predicted octanol–water partition coefficient (Wildman–Crippen LogP) is 0.313. The molecule has 0 bridgehead atoms. The average molecular weight is 326 g/mol. The highest BCUT2D eigenvalue weighted by atomic mass is 32.2. The van der Waals surface area contributed by atoms with Gasteiger partial charge in [0.25, 0.3) is 10.1 Å². The Morgan fingerprint density at radius 2 is 2.14 bits per heavy atom. The van der Waals surface area contributed by atoms with E-state index in [1.807, 2.05) is 0 Å². The van der Waals surface area contributed by atoms with Gasteiger partial charge in [-0.25, -0.2) is 0 Å². The molecule has 120 valence electrons. The van der Waals surface area contributed by atoms with Gasteiger partial charge in [0.2, 0.25) is 5.91 Å². The number of amides is 1. The molecule has 1 amide bonds. The second kappa shape index (κ2) is 5.53. The minimum atomic E-state index is -4.29. The molecule has 1 saturated heterocycles. The van der Waals surface area contributed by atoms with Crippen molar-refractivity contribution in [2.24, 2.45) is 5.92 Å². The Kier molecular flexibility index (Phi) is 3.84. The van der Waals surface area contributed by atoms with E-state index >= 15 is 0 Å². The minimum Gasteiger partial charge on any atom is -0.388 e. The average Bonchev–Trinajstić information content (AvgIpc) is 2.86. The molecule has 1 aromatic carbocycles. The van der Waals surface area contributed by atoms with Crippen LogP contribution in [0.15, 0.2) is 23.1 Å². The van der Waals surface area contributed by atoms with Gasteiger partial charge in [0, 0.05) is 43.2 Å². The first-order chi connectivity index (χ1) is 10.3. The normalized spacial score (nSPS) is 25.0. The van der Waals surface area contributed by atoms with E-state index in [0.717, 1.165) is 5.69 Å². The fourth-order valence-corrected chi connectivity index (χ4v) is 3.61. The van der Waals surface area contributed by atoms with Gasteiger partial charge in [-0.1, -0.05) is 0 Å². The van der Waals surface area contributed by atoms with Crippen molar-refractivity contribution in [3.63, 3.8) is 0 Å². The fourth-order valence-electron chi connectivity index (χ4n) is 3.10. The van der Waals surface area contributed by atoms with Crippen molar-refractivity contribution in [1.29, 1.82) is 0 Å². The molecule has 7 nitrogen and oxygen atoms in total. The number of aliphatic hydroxyl groups excluding tert-OH is 1. The summed E-state index contributed by atoms with van der Waals surface area (Å²) < 4.78 is 31.6. The van der Waals surface area contributed by atoms with E-state index in [1.54, 1.807) is 6.07 Å². The molecule has 2 unspecified atom stereocenters. The Labute approximate surface area is 128 Å². The summed E-state index contributed by atoms with van der Waals surface area (Å²) in [5, 5.41) is 12.9. The van der Waals surface area contributed by atoms with Crippen molar-refractivity contribution >= 4 is 21.7 Å². The third-order valence-electron chi connectivity index (χ3n) is 4.21. The number of hydrogen-bond acceptors (Lipinski definition) is 5. The summed E-state index contributed by atoms with van der Waals surface area (Å²) in [5.74, 6) is 0.251. The zero-order chi connectivity index (χ0) is 15.9. The Hall–Kier alpha value is -1.64. The van der Waals surface area contributed by atoms with E-state index in [4.69, 9.17) is 4.55 Å². The van der Waals surface area contributed by atoms with Crippen LogP contribution in [0, 0.1) is 5.92 Å². The van der Waals surface area contributed by atoms with Gasteiger partial charge >= 0.3 is 0 Å². The molecule has 1 fully saturated rings. The number of aliphatic hydroxyl groups is 1. The summed E-state index contributed by atoms with van der Waals surface area (Å²) in [6.07, 6.45) is 0.212. The van der Waals surface area contributed by atoms with Crippen LogP contribution in [-0.4, -0.2) is 43.6 Å². The number of carbonyl (C=O) groups excluding carboxylic acids is 1. The van der Waals surface area contributed by atoms with Gasteiger partial charge in [0.15, 0.2) is 0 Å². The zero-order valence-electron chi connectivity index (χ0n) is 11.9. The van der Waals surface area contributed by atoms with Crippen molar-refractivity contribution in [2.45, 2.75) is 23.8 Å². The molecular formula is C14H18N2O5S. The van der Waals surface area contributed by atoms with Gasteiger partial charge in [-0.15, -0.1) is 0 Å². The van der Waals surface area contributed by atoms with E-state index in [1.165, 1.54) is 12.1 Å². The Bertz CT molecular complexity index is 703. The second-order valence-electron chi connectivity index (χ2n) is 5.82. The van der Waals surface area contributed by atoms with Gasteiger partial charge in [0.1, 0.15) is 0 Å². The topological polar surface area (TPSA) is 107 Å². The van der Waals surface area contributed by atoms with Crippen molar-refractivity contribution in [3.8, 4) is 0 Å².